The lowest BCUT2D eigenvalue weighted by molar-refractivity contribution is 0.0479. The van der Waals surface area contributed by atoms with Crippen molar-refractivity contribution in [3.8, 4) is 0 Å². The number of furan rings is 1. The van der Waals surface area contributed by atoms with Crippen molar-refractivity contribution in [1.82, 2.24) is 9.13 Å². The first-order valence-electron chi connectivity index (χ1n) is 9.92. The van der Waals surface area contributed by atoms with E-state index in [0.717, 1.165) is 33.4 Å². The summed E-state index contributed by atoms with van der Waals surface area (Å²) in [5.74, 6) is -0.542. The van der Waals surface area contributed by atoms with Gasteiger partial charge in [0, 0.05) is 12.4 Å². The van der Waals surface area contributed by atoms with Crippen LogP contribution in [0.5, 0.6) is 0 Å². The lowest BCUT2D eigenvalue weighted by atomic mass is 10.2. The molecule has 8 heteroatoms. The predicted octanol–water partition coefficient (Wildman–Crippen LogP) is 3.91. The molecule has 0 unspecified atom stereocenters. The average Bonchev–Trinajstić information content (AvgIpc) is 3.47. The molecule has 0 saturated heterocycles. The van der Waals surface area contributed by atoms with Crippen molar-refractivity contribution in [1.29, 1.82) is 0 Å². The fraction of sp³-hybridized carbons (Fsp3) is 0.125. The van der Waals surface area contributed by atoms with Crippen molar-refractivity contribution in [2.75, 3.05) is 0 Å². The predicted molar refractivity (Wildman–Crippen MR) is 122 cm³/mol. The molecule has 0 aliphatic heterocycles. The Bertz CT molecular complexity index is 1570. The van der Waals surface area contributed by atoms with Gasteiger partial charge in [0.15, 0.2) is 0 Å². The van der Waals surface area contributed by atoms with Crippen molar-refractivity contribution >= 4 is 38.5 Å². The number of hydrogen-bond acceptors (Lipinski definition) is 6. The molecule has 0 spiro atoms. The zero-order chi connectivity index (χ0) is 22.2. The fourth-order valence-electron chi connectivity index (χ4n) is 3.62. The van der Waals surface area contributed by atoms with Gasteiger partial charge in [-0.3, -0.25) is 13.9 Å². The molecule has 3 aromatic heterocycles. The second kappa shape index (κ2) is 7.97. The molecule has 0 saturated carbocycles. The Morgan fingerprint density at radius 3 is 2.66 bits per heavy atom. The van der Waals surface area contributed by atoms with Crippen molar-refractivity contribution in [2.24, 2.45) is 7.05 Å². The highest BCUT2D eigenvalue weighted by molar-refractivity contribution is 7.20. The van der Waals surface area contributed by atoms with E-state index in [-0.39, 0.29) is 18.0 Å². The minimum atomic E-state index is -0.542. The number of aromatic nitrogens is 2. The van der Waals surface area contributed by atoms with Gasteiger partial charge in [0.05, 0.1) is 18.2 Å². The number of carbonyl (C=O) groups excluding carboxylic acids is 1. The lowest BCUT2D eigenvalue weighted by Gasteiger charge is -2.08. The molecule has 2 aromatic carbocycles. The van der Waals surface area contributed by atoms with Crippen LogP contribution in [0.25, 0.3) is 21.2 Å². The summed E-state index contributed by atoms with van der Waals surface area (Å²) in [7, 11) is 1.59. The zero-order valence-corrected chi connectivity index (χ0v) is 17.9. The summed E-state index contributed by atoms with van der Waals surface area (Å²) in [6, 6.07) is 18.2. The van der Waals surface area contributed by atoms with Gasteiger partial charge in [0.1, 0.15) is 21.9 Å². The Kier molecular flexibility index (Phi) is 4.99. The van der Waals surface area contributed by atoms with Crippen LogP contribution in [0.4, 0.5) is 0 Å². The summed E-state index contributed by atoms with van der Waals surface area (Å²) in [4.78, 5) is 39.2. The summed E-state index contributed by atoms with van der Waals surface area (Å²) >= 11 is 1.07. The number of ether oxygens (including phenoxy) is 1. The summed E-state index contributed by atoms with van der Waals surface area (Å²) in [5.41, 5.74) is 1.58. The van der Waals surface area contributed by atoms with E-state index in [0.29, 0.717) is 10.2 Å². The minimum absolute atomic E-state index is 0.0887. The molecule has 0 radical (unpaired) electrons. The highest BCUT2D eigenvalue weighted by Gasteiger charge is 2.19. The third-order valence-corrected chi connectivity index (χ3v) is 6.47. The first-order valence-corrected chi connectivity index (χ1v) is 10.7. The standard InChI is InChI=1S/C24H18N2O5S/c1-25-22-18(21(27)26(24(25)29)13-15-5-3-2-4-6-15)12-20(32-22)23(28)31-14-16-7-8-19-17(11-16)9-10-30-19/h2-12H,13-14H2,1H3. The van der Waals surface area contributed by atoms with E-state index in [2.05, 4.69) is 0 Å². The molecule has 0 aliphatic rings. The van der Waals surface area contributed by atoms with Crippen LogP contribution in [-0.4, -0.2) is 15.1 Å². The van der Waals surface area contributed by atoms with Crippen LogP contribution >= 0.6 is 11.3 Å². The van der Waals surface area contributed by atoms with E-state index in [1.165, 1.54) is 15.2 Å². The molecular formula is C24H18N2O5S. The molecule has 0 fully saturated rings. The Labute approximate surface area is 185 Å². The van der Waals surface area contributed by atoms with Crippen LogP contribution < -0.4 is 11.2 Å². The largest absolute Gasteiger partial charge is 0.464 e. The molecule has 5 rings (SSSR count). The third-order valence-electron chi connectivity index (χ3n) is 5.28. The molecule has 0 bridgehead atoms. The van der Waals surface area contributed by atoms with Gasteiger partial charge in [0.25, 0.3) is 5.56 Å². The quantitative estimate of drug-likeness (QED) is 0.382. The first kappa shape index (κ1) is 20.0. The summed E-state index contributed by atoms with van der Waals surface area (Å²) in [5, 5.41) is 1.24. The number of aryl methyl sites for hydroxylation is 1. The van der Waals surface area contributed by atoms with Gasteiger partial charge in [-0.1, -0.05) is 36.4 Å². The number of carbonyl (C=O) groups is 1. The van der Waals surface area contributed by atoms with Crippen LogP contribution in [0.15, 0.2) is 80.9 Å². The molecule has 5 aromatic rings. The Balaban J connectivity index is 1.43. The van der Waals surface area contributed by atoms with E-state index in [4.69, 9.17) is 9.15 Å². The molecule has 0 aliphatic carbocycles. The highest BCUT2D eigenvalue weighted by Crippen LogP contribution is 2.23. The van der Waals surface area contributed by atoms with Gasteiger partial charge in [-0.25, -0.2) is 9.59 Å². The Morgan fingerprint density at radius 1 is 1.03 bits per heavy atom. The van der Waals surface area contributed by atoms with E-state index < -0.39 is 17.2 Å². The number of esters is 1. The summed E-state index contributed by atoms with van der Waals surface area (Å²) in [6.45, 7) is 0.250. The van der Waals surface area contributed by atoms with E-state index in [1.54, 1.807) is 13.3 Å². The Hall–Kier alpha value is -3.91. The number of hydrogen-bond donors (Lipinski definition) is 0. The van der Waals surface area contributed by atoms with E-state index in [1.807, 2.05) is 54.6 Å². The van der Waals surface area contributed by atoms with Crippen molar-refractivity contribution in [3.63, 3.8) is 0 Å². The van der Waals surface area contributed by atoms with Gasteiger partial charge in [0.2, 0.25) is 0 Å². The molecule has 0 N–H and O–H groups in total. The molecule has 7 nitrogen and oxygen atoms in total. The van der Waals surface area contributed by atoms with Gasteiger partial charge in [-0.15, -0.1) is 11.3 Å². The van der Waals surface area contributed by atoms with Gasteiger partial charge in [-0.2, -0.15) is 0 Å². The van der Waals surface area contributed by atoms with E-state index >= 15 is 0 Å². The normalized spacial score (nSPS) is 11.3. The van der Waals surface area contributed by atoms with Crippen molar-refractivity contribution in [2.45, 2.75) is 13.2 Å². The molecule has 0 amide bonds. The SMILES string of the molecule is Cn1c(=O)n(Cc2ccccc2)c(=O)c2cc(C(=O)OCc3ccc4occc4c3)sc21. The second-order valence-corrected chi connectivity index (χ2v) is 8.45. The third kappa shape index (κ3) is 3.54. The van der Waals surface area contributed by atoms with Crippen LogP contribution in [0.2, 0.25) is 0 Å². The number of benzene rings is 2. The highest BCUT2D eigenvalue weighted by atomic mass is 32.1. The number of thiophene rings is 1. The minimum Gasteiger partial charge on any atom is -0.464 e. The summed E-state index contributed by atoms with van der Waals surface area (Å²) in [6.07, 6.45) is 1.60. The van der Waals surface area contributed by atoms with Crippen LogP contribution in [0, 0.1) is 0 Å². The monoisotopic (exact) mass is 446 g/mol. The maximum Gasteiger partial charge on any atom is 0.348 e. The van der Waals surface area contributed by atoms with Crippen LogP contribution in [0.3, 0.4) is 0 Å². The van der Waals surface area contributed by atoms with Crippen LogP contribution in [-0.2, 0) is 24.9 Å². The van der Waals surface area contributed by atoms with Gasteiger partial charge < -0.3 is 9.15 Å². The van der Waals surface area contributed by atoms with Gasteiger partial charge >= 0.3 is 11.7 Å². The molecular weight excluding hydrogens is 428 g/mol. The number of nitrogens with zero attached hydrogens (tertiary/aromatic N) is 2. The fourth-order valence-corrected chi connectivity index (χ4v) is 4.61. The summed E-state index contributed by atoms with van der Waals surface area (Å²) < 4.78 is 13.3. The van der Waals surface area contributed by atoms with Gasteiger partial charge in [-0.05, 0) is 35.4 Å². The lowest BCUT2D eigenvalue weighted by Crippen LogP contribution is -2.38. The van der Waals surface area contributed by atoms with Crippen molar-refractivity contribution < 1.29 is 13.9 Å². The molecule has 160 valence electrons. The number of rotatable bonds is 5. The molecule has 32 heavy (non-hydrogen) atoms. The second-order valence-electron chi connectivity index (χ2n) is 7.42. The smallest absolute Gasteiger partial charge is 0.348 e. The Morgan fingerprint density at radius 2 is 1.84 bits per heavy atom. The van der Waals surface area contributed by atoms with Crippen molar-refractivity contribution in [3.05, 3.63) is 104 Å². The molecule has 3 heterocycles. The maximum absolute atomic E-state index is 13.0. The topological polar surface area (TPSA) is 83.4 Å². The maximum atomic E-state index is 13.0. The number of fused-ring (bicyclic) bond motifs is 2. The van der Waals surface area contributed by atoms with E-state index in [9.17, 15) is 14.4 Å². The average molecular weight is 446 g/mol. The van der Waals surface area contributed by atoms with Crippen LogP contribution in [0.1, 0.15) is 20.8 Å². The zero-order valence-electron chi connectivity index (χ0n) is 17.1. The first-order chi connectivity index (χ1) is 15.5. The molecule has 0 atom stereocenters.